The molecule has 4 atom stereocenters. The number of ether oxygens (including phenoxy) is 1. The Bertz CT molecular complexity index is 303. The van der Waals surface area contributed by atoms with Gasteiger partial charge in [0.1, 0.15) is 0 Å². The molecule has 0 radical (unpaired) electrons. The average Bonchev–Trinajstić information content (AvgIpc) is 2.14. The van der Waals surface area contributed by atoms with Gasteiger partial charge in [-0.1, -0.05) is 27.7 Å². The lowest BCUT2D eigenvalue weighted by molar-refractivity contribution is -0.182. The van der Waals surface area contributed by atoms with Gasteiger partial charge in [0.2, 0.25) is 0 Å². The van der Waals surface area contributed by atoms with Crippen LogP contribution in [0.5, 0.6) is 0 Å². The first kappa shape index (κ1) is 11.9. The van der Waals surface area contributed by atoms with Crippen LogP contribution >= 0.6 is 0 Å². The van der Waals surface area contributed by atoms with E-state index in [-0.39, 0.29) is 22.7 Å². The molecular formula is C14H24O2. The van der Waals surface area contributed by atoms with Crippen molar-refractivity contribution in [2.75, 3.05) is 7.11 Å². The molecule has 0 saturated heterocycles. The topological polar surface area (TPSA) is 26.3 Å². The van der Waals surface area contributed by atoms with Crippen molar-refractivity contribution >= 4 is 5.97 Å². The first-order chi connectivity index (χ1) is 7.33. The minimum Gasteiger partial charge on any atom is -0.469 e. The number of carbonyl (C=O) groups excluding carboxylic acids is 1. The molecule has 2 nitrogen and oxygen atoms in total. The molecule has 3 aliphatic carbocycles. The van der Waals surface area contributed by atoms with Crippen LogP contribution in [0.4, 0.5) is 0 Å². The van der Waals surface area contributed by atoms with Gasteiger partial charge in [-0.2, -0.15) is 0 Å². The largest absolute Gasteiger partial charge is 0.469 e. The third-order valence-corrected chi connectivity index (χ3v) is 5.34. The summed E-state index contributed by atoms with van der Waals surface area (Å²) in [6.07, 6.45) is 3.64. The molecule has 3 rings (SSSR count). The number of hydrogen-bond acceptors (Lipinski definition) is 2. The van der Waals surface area contributed by atoms with E-state index < -0.39 is 0 Å². The summed E-state index contributed by atoms with van der Waals surface area (Å²) in [4.78, 5) is 12.1. The van der Waals surface area contributed by atoms with E-state index in [2.05, 4.69) is 27.7 Å². The molecule has 0 aromatic heterocycles. The Labute approximate surface area is 98.7 Å². The van der Waals surface area contributed by atoms with Gasteiger partial charge in [-0.05, 0) is 41.9 Å². The van der Waals surface area contributed by atoms with Gasteiger partial charge in [-0.3, -0.25) is 4.79 Å². The Morgan fingerprint density at radius 3 is 2.38 bits per heavy atom. The maximum atomic E-state index is 12.1. The van der Waals surface area contributed by atoms with Crippen LogP contribution in [0, 0.1) is 28.6 Å². The van der Waals surface area contributed by atoms with Crippen LogP contribution in [-0.4, -0.2) is 13.1 Å². The molecule has 3 aliphatic rings. The predicted molar refractivity (Wildman–Crippen MR) is 63.9 cm³/mol. The maximum absolute atomic E-state index is 12.1. The van der Waals surface area contributed by atoms with E-state index in [4.69, 9.17) is 4.74 Å². The summed E-state index contributed by atoms with van der Waals surface area (Å²) in [5.74, 6) is 1.51. The molecular weight excluding hydrogens is 200 g/mol. The fourth-order valence-electron chi connectivity index (χ4n) is 4.94. The second-order valence-corrected chi connectivity index (χ2v) is 6.76. The van der Waals surface area contributed by atoms with Crippen molar-refractivity contribution in [2.45, 2.75) is 47.0 Å². The lowest BCUT2D eigenvalue weighted by Gasteiger charge is -2.61. The van der Waals surface area contributed by atoms with Crippen molar-refractivity contribution in [1.29, 1.82) is 0 Å². The molecule has 0 heterocycles. The highest BCUT2D eigenvalue weighted by molar-refractivity contribution is 5.74. The Hall–Kier alpha value is -0.530. The molecule has 0 N–H and O–H groups in total. The molecule has 2 heteroatoms. The lowest BCUT2D eigenvalue weighted by atomic mass is 9.43. The average molecular weight is 224 g/mol. The fourth-order valence-corrected chi connectivity index (χ4v) is 4.94. The zero-order chi connectivity index (χ0) is 12.1. The second-order valence-electron chi connectivity index (χ2n) is 6.76. The van der Waals surface area contributed by atoms with E-state index >= 15 is 0 Å². The quantitative estimate of drug-likeness (QED) is 0.639. The van der Waals surface area contributed by atoms with Crippen LogP contribution in [0.3, 0.4) is 0 Å². The standard InChI is InChI=1S/C14H24O2/c1-9-8-14(4)7-6-10(9)13(2,3)11(14)12(15)16-5/h9-11H,6-8H2,1-5H3. The molecule has 0 aliphatic heterocycles. The van der Waals surface area contributed by atoms with Gasteiger partial charge in [0.05, 0.1) is 13.0 Å². The van der Waals surface area contributed by atoms with Crippen LogP contribution in [-0.2, 0) is 9.53 Å². The molecule has 2 bridgehead atoms. The number of rotatable bonds is 1. The summed E-state index contributed by atoms with van der Waals surface area (Å²) in [6.45, 7) is 9.14. The van der Waals surface area contributed by atoms with Crippen LogP contribution in [0.15, 0.2) is 0 Å². The van der Waals surface area contributed by atoms with Gasteiger partial charge < -0.3 is 4.74 Å². The molecule has 0 aromatic rings. The fraction of sp³-hybridized carbons (Fsp3) is 0.929. The molecule has 0 spiro atoms. The minimum absolute atomic E-state index is 0.00380. The van der Waals surface area contributed by atoms with E-state index in [0.717, 1.165) is 5.92 Å². The molecule has 0 amide bonds. The van der Waals surface area contributed by atoms with Crippen LogP contribution < -0.4 is 0 Å². The van der Waals surface area contributed by atoms with Crippen molar-refractivity contribution < 1.29 is 9.53 Å². The van der Waals surface area contributed by atoms with Crippen molar-refractivity contribution in [3.8, 4) is 0 Å². The van der Waals surface area contributed by atoms with Crippen molar-refractivity contribution in [3.63, 3.8) is 0 Å². The van der Waals surface area contributed by atoms with Gasteiger partial charge in [-0.25, -0.2) is 0 Å². The zero-order valence-electron chi connectivity index (χ0n) is 11.2. The summed E-state index contributed by atoms with van der Waals surface area (Å²) < 4.78 is 5.04. The van der Waals surface area contributed by atoms with Crippen molar-refractivity contribution in [2.24, 2.45) is 28.6 Å². The molecule has 0 aromatic carbocycles. The van der Waals surface area contributed by atoms with Crippen LogP contribution in [0.1, 0.15) is 47.0 Å². The second kappa shape index (κ2) is 3.48. The Morgan fingerprint density at radius 2 is 1.94 bits per heavy atom. The third-order valence-electron chi connectivity index (χ3n) is 5.34. The minimum atomic E-state index is 0.00380. The monoisotopic (exact) mass is 224 g/mol. The number of fused-ring (bicyclic) bond motifs is 3. The van der Waals surface area contributed by atoms with E-state index in [0.29, 0.717) is 5.92 Å². The molecule has 16 heavy (non-hydrogen) atoms. The third kappa shape index (κ3) is 1.42. The summed E-state index contributed by atoms with van der Waals surface area (Å²) in [6, 6.07) is 0. The molecule has 3 fully saturated rings. The van der Waals surface area contributed by atoms with E-state index in [1.165, 1.54) is 26.4 Å². The highest BCUT2D eigenvalue weighted by atomic mass is 16.5. The molecule has 3 saturated carbocycles. The summed E-state index contributed by atoms with van der Waals surface area (Å²) in [5.41, 5.74) is 0.252. The predicted octanol–water partition coefficient (Wildman–Crippen LogP) is 3.26. The van der Waals surface area contributed by atoms with Crippen molar-refractivity contribution in [3.05, 3.63) is 0 Å². The lowest BCUT2D eigenvalue weighted by Crippen LogP contribution is -2.58. The number of esters is 1. The summed E-state index contributed by atoms with van der Waals surface area (Å²) in [7, 11) is 1.52. The van der Waals surface area contributed by atoms with Crippen molar-refractivity contribution in [1.82, 2.24) is 0 Å². The SMILES string of the molecule is COC(=O)C1C2(C)CCC(C(C)C2)C1(C)C. The van der Waals surface area contributed by atoms with Gasteiger partial charge >= 0.3 is 5.97 Å². The Kier molecular flexibility index (Phi) is 2.60. The first-order valence-electron chi connectivity index (χ1n) is 6.41. The van der Waals surface area contributed by atoms with Gasteiger partial charge in [0.15, 0.2) is 0 Å². The van der Waals surface area contributed by atoms with Crippen LogP contribution in [0.2, 0.25) is 0 Å². The number of carbonyl (C=O) groups is 1. The molecule has 92 valence electrons. The normalized spacial score (nSPS) is 45.4. The van der Waals surface area contributed by atoms with Gasteiger partial charge in [0.25, 0.3) is 0 Å². The van der Waals surface area contributed by atoms with E-state index in [1.807, 2.05) is 0 Å². The maximum Gasteiger partial charge on any atom is 0.309 e. The first-order valence-corrected chi connectivity index (χ1v) is 6.41. The van der Waals surface area contributed by atoms with Gasteiger partial charge in [-0.15, -0.1) is 0 Å². The Balaban J connectivity index is 2.40. The highest BCUT2D eigenvalue weighted by Gasteiger charge is 2.60. The Morgan fingerprint density at radius 1 is 1.31 bits per heavy atom. The highest BCUT2D eigenvalue weighted by Crippen LogP contribution is 2.64. The summed E-state index contributed by atoms with van der Waals surface area (Å²) in [5, 5.41) is 0. The number of methoxy groups -OCH3 is 1. The van der Waals surface area contributed by atoms with E-state index in [9.17, 15) is 4.79 Å². The van der Waals surface area contributed by atoms with E-state index in [1.54, 1.807) is 0 Å². The van der Waals surface area contributed by atoms with Gasteiger partial charge in [0, 0.05) is 0 Å². The zero-order valence-corrected chi connectivity index (χ0v) is 11.2. The molecule has 4 unspecified atom stereocenters. The smallest absolute Gasteiger partial charge is 0.309 e. The number of hydrogen-bond donors (Lipinski definition) is 0. The van der Waals surface area contributed by atoms with Crippen LogP contribution in [0.25, 0.3) is 0 Å². The summed E-state index contributed by atoms with van der Waals surface area (Å²) >= 11 is 0.